The molecular weight excluding hydrogens is 314 g/mol. The third kappa shape index (κ3) is 3.89. The van der Waals surface area contributed by atoms with Gasteiger partial charge in [0.15, 0.2) is 0 Å². The smallest absolute Gasteiger partial charge is 0.223 e. The van der Waals surface area contributed by atoms with Gasteiger partial charge in [0.05, 0.1) is 6.61 Å². The second-order valence-electron chi connectivity index (χ2n) is 5.50. The van der Waals surface area contributed by atoms with Gasteiger partial charge in [0.25, 0.3) is 0 Å². The fourth-order valence-corrected chi connectivity index (χ4v) is 3.52. The zero-order valence-corrected chi connectivity index (χ0v) is 14.0. The molecule has 1 N–H and O–H groups in total. The number of amides is 1. The molecule has 23 heavy (non-hydrogen) atoms. The molecule has 2 aromatic rings. The average molecular weight is 335 g/mol. The van der Waals surface area contributed by atoms with Gasteiger partial charge in [0.1, 0.15) is 0 Å². The van der Waals surface area contributed by atoms with Crippen LogP contribution in [0.2, 0.25) is 0 Å². The summed E-state index contributed by atoms with van der Waals surface area (Å²) >= 11 is 1.57. The molecule has 3 rings (SSSR count). The number of aromatic nitrogens is 3. The first-order valence-corrected chi connectivity index (χ1v) is 8.58. The van der Waals surface area contributed by atoms with E-state index in [2.05, 4.69) is 20.4 Å². The maximum atomic E-state index is 12.1. The highest BCUT2D eigenvalue weighted by atomic mass is 32.1. The van der Waals surface area contributed by atoms with E-state index in [1.165, 1.54) is 0 Å². The van der Waals surface area contributed by atoms with Gasteiger partial charge >= 0.3 is 0 Å². The van der Waals surface area contributed by atoms with Crippen LogP contribution in [0.3, 0.4) is 0 Å². The molecule has 1 aliphatic rings. The van der Waals surface area contributed by atoms with E-state index in [-0.39, 0.29) is 11.8 Å². The molecule has 2 aromatic heterocycles. The summed E-state index contributed by atoms with van der Waals surface area (Å²) in [6, 6.07) is 3.93. The molecule has 0 spiro atoms. The van der Waals surface area contributed by atoms with Gasteiger partial charge in [-0.25, -0.2) is 0 Å². The summed E-state index contributed by atoms with van der Waals surface area (Å²) in [6.07, 6.45) is 5.61. The minimum atomic E-state index is 0.0833. The Labute approximate surface area is 139 Å². The Morgan fingerprint density at radius 3 is 2.70 bits per heavy atom. The molecule has 0 radical (unpaired) electrons. The summed E-state index contributed by atoms with van der Waals surface area (Å²) in [7, 11) is 1.63. The highest BCUT2D eigenvalue weighted by Gasteiger charge is 2.26. The number of carbonyl (C=O) groups is 1. The van der Waals surface area contributed by atoms with Crippen LogP contribution in [0.5, 0.6) is 0 Å². The Morgan fingerprint density at radius 1 is 1.30 bits per heavy atom. The minimum Gasteiger partial charge on any atom is -0.383 e. The highest BCUT2D eigenvalue weighted by Crippen LogP contribution is 2.27. The molecular formula is C15H21N5O2S. The van der Waals surface area contributed by atoms with Crippen LogP contribution in [-0.4, -0.2) is 54.0 Å². The van der Waals surface area contributed by atoms with Crippen LogP contribution < -0.4 is 10.2 Å². The van der Waals surface area contributed by atoms with Gasteiger partial charge in [-0.3, -0.25) is 9.36 Å². The number of ether oxygens (including phenoxy) is 1. The van der Waals surface area contributed by atoms with Crippen LogP contribution in [0.4, 0.5) is 5.13 Å². The van der Waals surface area contributed by atoms with Crippen LogP contribution in [0.15, 0.2) is 24.5 Å². The van der Waals surface area contributed by atoms with Crippen molar-refractivity contribution >= 4 is 22.4 Å². The van der Waals surface area contributed by atoms with E-state index in [0.717, 1.165) is 36.2 Å². The predicted octanol–water partition coefficient (Wildman–Crippen LogP) is 1.31. The molecule has 1 fully saturated rings. The molecule has 8 heteroatoms. The molecule has 0 unspecified atom stereocenters. The lowest BCUT2D eigenvalue weighted by molar-refractivity contribution is -0.125. The van der Waals surface area contributed by atoms with E-state index >= 15 is 0 Å². The van der Waals surface area contributed by atoms with E-state index in [9.17, 15) is 4.79 Å². The van der Waals surface area contributed by atoms with Crippen molar-refractivity contribution in [3.05, 3.63) is 24.5 Å². The molecule has 0 atom stereocenters. The average Bonchev–Trinajstić information content (AvgIpc) is 3.26. The van der Waals surface area contributed by atoms with E-state index < -0.39 is 0 Å². The minimum absolute atomic E-state index is 0.0833. The van der Waals surface area contributed by atoms with Crippen molar-refractivity contribution in [2.24, 2.45) is 5.92 Å². The number of hydrogen-bond donors (Lipinski definition) is 1. The Kier molecular flexibility index (Phi) is 5.24. The maximum absolute atomic E-state index is 12.1. The number of methoxy groups -OCH3 is 1. The molecule has 0 aliphatic carbocycles. The number of piperidine rings is 1. The molecule has 7 nitrogen and oxygen atoms in total. The van der Waals surface area contributed by atoms with Crippen molar-refractivity contribution in [2.45, 2.75) is 12.8 Å². The molecule has 1 amide bonds. The Balaban J connectivity index is 1.52. The normalized spacial score (nSPS) is 15.8. The summed E-state index contributed by atoms with van der Waals surface area (Å²) in [5, 5.41) is 13.2. The first kappa shape index (κ1) is 15.9. The van der Waals surface area contributed by atoms with Crippen molar-refractivity contribution in [2.75, 3.05) is 38.3 Å². The molecule has 3 heterocycles. The summed E-state index contributed by atoms with van der Waals surface area (Å²) in [6.45, 7) is 2.80. The predicted molar refractivity (Wildman–Crippen MR) is 89.1 cm³/mol. The number of carbonyl (C=O) groups excluding carboxylic acids is 1. The molecule has 1 aliphatic heterocycles. The van der Waals surface area contributed by atoms with Crippen LogP contribution in [0, 0.1) is 5.92 Å². The van der Waals surface area contributed by atoms with Gasteiger partial charge in [0, 0.05) is 45.1 Å². The summed E-state index contributed by atoms with van der Waals surface area (Å²) < 4.78 is 6.90. The Bertz CT molecular complexity index is 620. The summed E-state index contributed by atoms with van der Waals surface area (Å²) in [5.74, 6) is 0.215. The monoisotopic (exact) mass is 335 g/mol. The molecule has 1 saturated heterocycles. The summed E-state index contributed by atoms with van der Waals surface area (Å²) in [5.41, 5.74) is 0. The van der Waals surface area contributed by atoms with Crippen LogP contribution in [-0.2, 0) is 9.53 Å². The fourth-order valence-electron chi connectivity index (χ4n) is 2.66. The Hall–Kier alpha value is -1.93. The van der Waals surface area contributed by atoms with Crippen LogP contribution in [0.25, 0.3) is 5.13 Å². The maximum Gasteiger partial charge on any atom is 0.223 e. The van der Waals surface area contributed by atoms with E-state index in [0.29, 0.717) is 13.2 Å². The zero-order valence-electron chi connectivity index (χ0n) is 13.1. The lowest BCUT2D eigenvalue weighted by Gasteiger charge is -2.30. The van der Waals surface area contributed by atoms with E-state index in [4.69, 9.17) is 4.74 Å². The standard InChI is InChI=1S/C15H21N5O2S/c1-22-11-6-16-13(21)12-4-9-20(10-5-12)15-18-17-14(23-15)19-7-2-3-8-19/h2-3,7-8,12H,4-6,9-11H2,1H3,(H,16,21). The summed E-state index contributed by atoms with van der Waals surface area (Å²) in [4.78, 5) is 14.3. The molecule has 0 saturated carbocycles. The Morgan fingerprint density at radius 2 is 2.00 bits per heavy atom. The van der Waals surface area contributed by atoms with Gasteiger partial charge in [-0.2, -0.15) is 0 Å². The van der Waals surface area contributed by atoms with Crippen LogP contribution in [0.1, 0.15) is 12.8 Å². The number of nitrogens with one attached hydrogen (secondary N) is 1. The van der Waals surface area contributed by atoms with Crippen LogP contribution >= 0.6 is 11.3 Å². The van der Waals surface area contributed by atoms with Gasteiger partial charge < -0.3 is 15.0 Å². The molecule has 0 bridgehead atoms. The van der Waals surface area contributed by atoms with E-state index in [1.807, 2.05) is 29.1 Å². The highest BCUT2D eigenvalue weighted by molar-refractivity contribution is 7.17. The quantitative estimate of drug-likeness (QED) is 0.806. The third-order valence-corrected chi connectivity index (χ3v) is 4.97. The SMILES string of the molecule is COCCNC(=O)C1CCN(c2nnc(-n3cccc3)s2)CC1. The lowest BCUT2D eigenvalue weighted by Crippen LogP contribution is -2.41. The largest absolute Gasteiger partial charge is 0.383 e. The van der Waals surface area contributed by atoms with Crippen molar-refractivity contribution in [1.82, 2.24) is 20.1 Å². The van der Waals surface area contributed by atoms with Gasteiger partial charge in [0.2, 0.25) is 16.2 Å². The first-order valence-electron chi connectivity index (χ1n) is 7.76. The second-order valence-corrected chi connectivity index (χ2v) is 6.44. The first-order chi connectivity index (χ1) is 11.3. The van der Waals surface area contributed by atoms with Gasteiger partial charge in [-0.1, -0.05) is 11.3 Å². The fraction of sp³-hybridized carbons (Fsp3) is 0.533. The zero-order chi connectivity index (χ0) is 16.1. The van der Waals surface area contributed by atoms with E-state index in [1.54, 1.807) is 18.4 Å². The third-order valence-electron chi connectivity index (χ3n) is 3.97. The van der Waals surface area contributed by atoms with Gasteiger partial charge in [-0.15, -0.1) is 10.2 Å². The number of hydrogen-bond acceptors (Lipinski definition) is 6. The lowest BCUT2D eigenvalue weighted by atomic mass is 9.96. The van der Waals surface area contributed by atoms with Crippen molar-refractivity contribution in [3.63, 3.8) is 0 Å². The van der Waals surface area contributed by atoms with Crippen molar-refractivity contribution in [1.29, 1.82) is 0 Å². The van der Waals surface area contributed by atoms with Crippen molar-refractivity contribution in [3.8, 4) is 5.13 Å². The molecule has 0 aromatic carbocycles. The second kappa shape index (κ2) is 7.56. The van der Waals surface area contributed by atoms with Crippen molar-refractivity contribution < 1.29 is 9.53 Å². The number of rotatable bonds is 6. The topological polar surface area (TPSA) is 72.3 Å². The van der Waals surface area contributed by atoms with Gasteiger partial charge in [-0.05, 0) is 25.0 Å². The number of anilines is 1. The number of nitrogens with zero attached hydrogens (tertiary/aromatic N) is 4. The molecule has 124 valence electrons.